The number of carbonyl (C=O) groups excluding carboxylic acids is 1. The van der Waals surface area contributed by atoms with Gasteiger partial charge in [0.15, 0.2) is 0 Å². The Hall–Kier alpha value is -1.09. The third-order valence-corrected chi connectivity index (χ3v) is 2.03. The van der Waals surface area contributed by atoms with Crippen LogP contribution in [-0.4, -0.2) is 38.1 Å². The fourth-order valence-corrected chi connectivity index (χ4v) is 1.17. The number of unbranched alkanes of at least 4 members (excludes halogenated alkanes) is 2. The molecule has 0 aliphatic carbocycles. The lowest BCUT2D eigenvalue weighted by Gasteiger charge is -2.08. The monoisotopic (exact) mass is 225 g/mol. The van der Waals surface area contributed by atoms with Gasteiger partial charge in [-0.1, -0.05) is 18.2 Å². The summed E-state index contributed by atoms with van der Waals surface area (Å²) < 4.78 is 5.02. The Morgan fingerprint density at radius 3 is 2.56 bits per heavy atom. The molecule has 0 spiro atoms. The van der Waals surface area contributed by atoms with Crippen LogP contribution < -0.4 is 0 Å². The number of carbonyl (C=O) groups is 1. The second-order valence-electron chi connectivity index (χ2n) is 3.92. The summed E-state index contributed by atoms with van der Waals surface area (Å²) in [6.45, 7) is 3.52. The lowest BCUT2D eigenvalue weighted by molar-refractivity contribution is -0.137. The molecule has 0 bridgehead atoms. The topological polar surface area (TPSA) is 29.5 Å². The second-order valence-corrected chi connectivity index (χ2v) is 3.92. The zero-order valence-corrected chi connectivity index (χ0v) is 10.6. The van der Waals surface area contributed by atoms with Crippen LogP contribution in [0.5, 0.6) is 0 Å². The number of nitrogens with zero attached hydrogens (tertiary/aromatic N) is 1. The van der Waals surface area contributed by atoms with Crippen molar-refractivity contribution >= 4 is 5.97 Å². The van der Waals surface area contributed by atoms with Crippen LogP contribution in [0, 0.1) is 0 Å². The molecule has 0 aliphatic rings. The normalized spacial score (nSPS) is 11.8. The van der Waals surface area contributed by atoms with Crippen molar-refractivity contribution in [1.82, 2.24) is 4.90 Å². The molecule has 0 aromatic heterocycles. The number of rotatable bonds is 8. The van der Waals surface area contributed by atoms with E-state index in [0.29, 0.717) is 6.61 Å². The SMILES string of the molecule is C/C=C/C=C/C(=O)OCCCCCN(C)C. The summed E-state index contributed by atoms with van der Waals surface area (Å²) in [5.41, 5.74) is 0. The van der Waals surface area contributed by atoms with E-state index < -0.39 is 0 Å². The number of ether oxygens (including phenoxy) is 1. The molecule has 0 heterocycles. The minimum absolute atomic E-state index is 0.259. The maximum absolute atomic E-state index is 11.1. The molecule has 0 fully saturated rings. The minimum atomic E-state index is -0.259. The van der Waals surface area contributed by atoms with Crippen molar-refractivity contribution in [2.24, 2.45) is 0 Å². The van der Waals surface area contributed by atoms with Crippen LogP contribution in [0.15, 0.2) is 24.3 Å². The first-order valence-electron chi connectivity index (χ1n) is 5.77. The van der Waals surface area contributed by atoms with Gasteiger partial charge in [-0.05, 0) is 46.8 Å². The van der Waals surface area contributed by atoms with E-state index in [1.165, 1.54) is 6.08 Å². The average Bonchev–Trinajstić information content (AvgIpc) is 2.23. The smallest absolute Gasteiger partial charge is 0.330 e. The quantitative estimate of drug-likeness (QED) is 0.275. The molecule has 0 saturated heterocycles. The Bertz CT molecular complexity index is 232. The van der Waals surface area contributed by atoms with E-state index >= 15 is 0 Å². The molecule has 3 nitrogen and oxygen atoms in total. The maximum Gasteiger partial charge on any atom is 0.330 e. The first-order valence-corrected chi connectivity index (χ1v) is 5.77. The summed E-state index contributed by atoms with van der Waals surface area (Å²) in [7, 11) is 4.12. The van der Waals surface area contributed by atoms with Crippen LogP contribution in [-0.2, 0) is 9.53 Å². The van der Waals surface area contributed by atoms with E-state index in [-0.39, 0.29) is 5.97 Å². The van der Waals surface area contributed by atoms with Gasteiger partial charge in [-0.2, -0.15) is 0 Å². The number of hydrogen-bond donors (Lipinski definition) is 0. The predicted molar refractivity (Wildman–Crippen MR) is 67.3 cm³/mol. The summed E-state index contributed by atoms with van der Waals surface area (Å²) in [5, 5.41) is 0. The molecule has 0 rings (SSSR count). The highest BCUT2D eigenvalue weighted by atomic mass is 16.5. The number of esters is 1. The maximum atomic E-state index is 11.1. The van der Waals surface area contributed by atoms with E-state index in [1.807, 2.05) is 13.0 Å². The molecular weight excluding hydrogens is 202 g/mol. The molecule has 0 aromatic rings. The van der Waals surface area contributed by atoms with E-state index in [1.54, 1.807) is 12.2 Å². The predicted octanol–water partition coefficient (Wildman–Crippen LogP) is 2.39. The van der Waals surface area contributed by atoms with Crippen molar-refractivity contribution in [3.05, 3.63) is 24.3 Å². The average molecular weight is 225 g/mol. The Balaban J connectivity index is 3.34. The molecule has 0 aliphatic heterocycles. The van der Waals surface area contributed by atoms with Gasteiger partial charge >= 0.3 is 5.97 Å². The van der Waals surface area contributed by atoms with E-state index in [0.717, 1.165) is 25.8 Å². The molecule has 0 radical (unpaired) electrons. The van der Waals surface area contributed by atoms with Crippen molar-refractivity contribution < 1.29 is 9.53 Å². The van der Waals surface area contributed by atoms with E-state index in [4.69, 9.17) is 4.74 Å². The van der Waals surface area contributed by atoms with Gasteiger partial charge in [0.2, 0.25) is 0 Å². The molecule has 16 heavy (non-hydrogen) atoms. The van der Waals surface area contributed by atoms with Crippen molar-refractivity contribution in [3.8, 4) is 0 Å². The van der Waals surface area contributed by atoms with Crippen molar-refractivity contribution in [2.75, 3.05) is 27.2 Å². The minimum Gasteiger partial charge on any atom is -0.463 e. The lowest BCUT2D eigenvalue weighted by atomic mass is 10.2. The number of allylic oxidation sites excluding steroid dienone is 3. The number of hydrogen-bond acceptors (Lipinski definition) is 3. The zero-order chi connectivity index (χ0) is 12.2. The van der Waals surface area contributed by atoms with Crippen LogP contribution in [0.2, 0.25) is 0 Å². The Kier molecular flexibility index (Phi) is 9.72. The van der Waals surface area contributed by atoms with Crippen LogP contribution in [0.3, 0.4) is 0 Å². The summed E-state index contributed by atoms with van der Waals surface area (Å²) in [5.74, 6) is -0.259. The van der Waals surface area contributed by atoms with Crippen molar-refractivity contribution in [2.45, 2.75) is 26.2 Å². The van der Waals surface area contributed by atoms with Gasteiger partial charge in [-0.15, -0.1) is 0 Å². The van der Waals surface area contributed by atoms with Gasteiger partial charge in [-0.3, -0.25) is 0 Å². The molecule has 3 heteroatoms. The summed E-state index contributed by atoms with van der Waals surface area (Å²) >= 11 is 0. The zero-order valence-electron chi connectivity index (χ0n) is 10.6. The Morgan fingerprint density at radius 2 is 1.94 bits per heavy atom. The highest BCUT2D eigenvalue weighted by Crippen LogP contribution is 1.97. The highest BCUT2D eigenvalue weighted by molar-refractivity contribution is 5.82. The first-order chi connectivity index (χ1) is 7.66. The molecule has 0 aromatic carbocycles. The molecule has 0 amide bonds. The summed E-state index contributed by atoms with van der Waals surface area (Å²) in [6, 6.07) is 0. The van der Waals surface area contributed by atoms with Gasteiger partial charge in [0.05, 0.1) is 6.61 Å². The molecule has 0 N–H and O–H groups in total. The Labute approximate surface area is 98.8 Å². The lowest BCUT2D eigenvalue weighted by Crippen LogP contribution is -2.13. The van der Waals surface area contributed by atoms with E-state index in [2.05, 4.69) is 19.0 Å². The van der Waals surface area contributed by atoms with Gasteiger partial charge < -0.3 is 9.64 Å². The van der Waals surface area contributed by atoms with Crippen LogP contribution in [0.1, 0.15) is 26.2 Å². The van der Waals surface area contributed by atoms with Gasteiger partial charge in [0.1, 0.15) is 0 Å². The second kappa shape index (κ2) is 10.4. The van der Waals surface area contributed by atoms with Crippen molar-refractivity contribution in [1.29, 1.82) is 0 Å². The molecule has 92 valence electrons. The van der Waals surface area contributed by atoms with Crippen LogP contribution in [0.25, 0.3) is 0 Å². The van der Waals surface area contributed by atoms with Crippen LogP contribution in [0.4, 0.5) is 0 Å². The van der Waals surface area contributed by atoms with Gasteiger partial charge in [-0.25, -0.2) is 4.79 Å². The largest absolute Gasteiger partial charge is 0.463 e. The molecule has 0 atom stereocenters. The fourth-order valence-electron chi connectivity index (χ4n) is 1.17. The van der Waals surface area contributed by atoms with Gasteiger partial charge in [0, 0.05) is 6.08 Å². The summed E-state index contributed by atoms with van der Waals surface area (Å²) in [6.07, 6.45) is 10.00. The molecule has 0 saturated carbocycles. The Morgan fingerprint density at radius 1 is 1.19 bits per heavy atom. The van der Waals surface area contributed by atoms with Crippen LogP contribution >= 0.6 is 0 Å². The summed E-state index contributed by atoms with van der Waals surface area (Å²) in [4.78, 5) is 13.3. The first kappa shape index (κ1) is 14.9. The third-order valence-electron chi connectivity index (χ3n) is 2.03. The van der Waals surface area contributed by atoms with E-state index in [9.17, 15) is 4.79 Å². The highest BCUT2D eigenvalue weighted by Gasteiger charge is 1.96. The standard InChI is InChI=1S/C13H23NO2/c1-4-5-7-10-13(15)16-12-9-6-8-11-14(2)3/h4-5,7,10H,6,8-9,11-12H2,1-3H3/b5-4+,10-7+. The third kappa shape index (κ3) is 11.0. The van der Waals surface area contributed by atoms with Crippen molar-refractivity contribution in [3.63, 3.8) is 0 Å². The molecular formula is C13H23NO2. The van der Waals surface area contributed by atoms with Gasteiger partial charge in [0.25, 0.3) is 0 Å². The molecule has 0 unspecified atom stereocenters. The fraction of sp³-hybridized carbons (Fsp3) is 0.615.